The van der Waals surface area contributed by atoms with Crippen molar-refractivity contribution in [2.45, 2.75) is 18.4 Å². The van der Waals surface area contributed by atoms with E-state index in [4.69, 9.17) is 23.2 Å². The van der Waals surface area contributed by atoms with Crippen LogP contribution in [0.15, 0.2) is 76.1 Å². The van der Waals surface area contributed by atoms with E-state index in [-0.39, 0.29) is 18.0 Å². The highest BCUT2D eigenvalue weighted by Crippen LogP contribution is 2.26. The molecule has 0 aliphatic heterocycles. The van der Waals surface area contributed by atoms with Gasteiger partial charge >= 0.3 is 0 Å². The number of benzene rings is 3. The van der Waals surface area contributed by atoms with Crippen molar-refractivity contribution in [2.24, 2.45) is 0 Å². The molecule has 3 rings (SSSR count). The summed E-state index contributed by atoms with van der Waals surface area (Å²) in [4.78, 5) is 12.8. The number of nitrogens with one attached hydrogen (secondary N) is 1. The van der Waals surface area contributed by atoms with Gasteiger partial charge < -0.3 is 5.32 Å². The van der Waals surface area contributed by atoms with Crippen LogP contribution >= 0.6 is 39.1 Å². The topological polar surface area (TPSA) is 66.5 Å². The van der Waals surface area contributed by atoms with Crippen LogP contribution in [0.4, 0.5) is 5.69 Å². The highest BCUT2D eigenvalue weighted by Gasteiger charge is 2.27. The molecule has 5 nitrogen and oxygen atoms in total. The van der Waals surface area contributed by atoms with Crippen LogP contribution in [0, 0.1) is 6.92 Å². The van der Waals surface area contributed by atoms with Gasteiger partial charge in [0.2, 0.25) is 15.9 Å². The number of carbonyl (C=O) groups is 1. The van der Waals surface area contributed by atoms with Crippen molar-refractivity contribution >= 4 is 60.7 Å². The predicted octanol–water partition coefficient (Wildman–Crippen LogP) is 5.89. The van der Waals surface area contributed by atoms with Gasteiger partial charge in [0.15, 0.2) is 0 Å². The summed E-state index contributed by atoms with van der Waals surface area (Å²) in [5.41, 5.74) is 2.17. The fourth-order valence-electron chi connectivity index (χ4n) is 2.82. The Labute approximate surface area is 200 Å². The van der Waals surface area contributed by atoms with E-state index in [1.807, 2.05) is 19.1 Å². The van der Waals surface area contributed by atoms with Crippen molar-refractivity contribution < 1.29 is 13.2 Å². The third kappa shape index (κ3) is 6.30. The molecule has 9 heteroatoms. The number of hydrogen-bond donors (Lipinski definition) is 1. The van der Waals surface area contributed by atoms with Crippen LogP contribution in [0.2, 0.25) is 10.0 Å². The second-order valence-corrected chi connectivity index (χ2v) is 10.6. The van der Waals surface area contributed by atoms with Gasteiger partial charge in [-0.3, -0.25) is 4.79 Å². The van der Waals surface area contributed by atoms with Gasteiger partial charge in [0.05, 0.1) is 11.4 Å². The van der Waals surface area contributed by atoms with Gasteiger partial charge in [0.25, 0.3) is 0 Å². The zero-order valence-electron chi connectivity index (χ0n) is 16.5. The molecule has 0 aliphatic rings. The number of rotatable bonds is 7. The number of halogens is 3. The van der Waals surface area contributed by atoms with Crippen molar-refractivity contribution in [3.63, 3.8) is 0 Å². The van der Waals surface area contributed by atoms with E-state index in [9.17, 15) is 13.2 Å². The van der Waals surface area contributed by atoms with Crippen molar-refractivity contribution in [1.29, 1.82) is 0 Å². The van der Waals surface area contributed by atoms with Crippen LogP contribution in [0.3, 0.4) is 0 Å². The molecule has 0 bridgehead atoms. The van der Waals surface area contributed by atoms with Gasteiger partial charge in [-0.2, -0.15) is 4.31 Å². The van der Waals surface area contributed by atoms with Gasteiger partial charge in [-0.1, -0.05) is 62.9 Å². The molecule has 162 valence electrons. The fraction of sp³-hybridized carbons (Fsp3) is 0.136. The highest BCUT2D eigenvalue weighted by molar-refractivity contribution is 9.10. The summed E-state index contributed by atoms with van der Waals surface area (Å²) in [6.45, 7) is 1.47. The van der Waals surface area contributed by atoms with E-state index >= 15 is 0 Å². The number of amides is 1. The molecule has 0 unspecified atom stereocenters. The lowest BCUT2D eigenvalue weighted by molar-refractivity contribution is -0.116. The Morgan fingerprint density at radius 2 is 1.65 bits per heavy atom. The molecular weight excluding hydrogens is 523 g/mol. The normalized spacial score (nSPS) is 11.5. The lowest BCUT2D eigenvalue weighted by atomic mass is 10.2. The molecule has 31 heavy (non-hydrogen) atoms. The van der Waals surface area contributed by atoms with Crippen LogP contribution in [-0.2, 0) is 21.4 Å². The molecule has 3 aromatic rings. The third-order valence-corrected chi connectivity index (χ3v) is 7.39. The van der Waals surface area contributed by atoms with E-state index in [0.717, 1.165) is 14.3 Å². The second-order valence-electron chi connectivity index (χ2n) is 6.88. The number of anilines is 1. The molecule has 0 fully saturated rings. The van der Waals surface area contributed by atoms with Crippen molar-refractivity contribution in [2.75, 3.05) is 11.9 Å². The van der Waals surface area contributed by atoms with E-state index < -0.39 is 15.9 Å². The van der Waals surface area contributed by atoms with Gasteiger partial charge in [-0.15, -0.1) is 0 Å². The van der Waals surface area contributed by atoms with Crippen LogP contribution in [-0.4, -0.2) is 25.2 Å². The van der Waals surface area contributed by atoms with Gasteiger partial charge in [0, 0.05) is 26.8 Å². The van der Waals surface area contributed by atoms with Crippen molar-refractivity contribution in [3.05, 3.63) is 92.4 Å². The van der Waals surface area contributed by atoms with Gasteiger partial charge in [-0.05, 0) is 61.0 Å². The molecule has 0 radical (unpaired) electrons. The maximum absolute atomic E-state index is 13.3. The SMILES string of the molecule is Cc1ccc(NC(=O)CN(Cc2ccc(Cl)cc2Cl)S(=O)(=O)c2ccc(Br)cc2)cc1. The largest absolute Gasteiger partial charge is 0.325 e. The Morgan fingerprint density at radius 1 is 1.00 bits per heavy atom. The third-order valence-electron chi connectivity index (χ3n) is 4.47. The summed E-state index contributed by atoms with van der Waals surface area (Å²) in [6, 6.07) is 18.3. The Hall–Kier alpha value is -1.90. The second kappa shape index (κ2) is 10.1. The van der Waals surface area contributed by atoms with E-state index in [0.29, 0.717) is 21.3 Å². The average Bonchev–Trinajstić information content (AvgIpc) is 2.71. The van der Waals surface area contributed by atoms with Gasteiger partial charge in [-0.25, -0.2) is 8.42 Å². The standard InChI is InChI=1S/C22H19BrCl2N2O3S/c1-15-2-8-19(9-3-15)26-22(28)14-27(13-16-4-7-18(24)12-21(16)25)31(29,30)20-10-5-17(23)6-11-20/h2-12H,13-14H2,1H3,(H,26,28). The summed E-state index contributed by atoms with van der Waals surface area (Å²) in [6.07, 6.45) is 0. The summed E-state index contributed by atoms with van der Waals surface area (Å²) >= 11 is 15.5. The first-order valence-electron chi connectivity index (χ1n) is 9.21. The minimum atomic E-state index is -3.98. The summed E-state index contributed by atoms with van der Waals surface area (Å²) in [7, 11) is -3.98. The summed E-state index contributed by atoms with van der Waals surface area (Å²) < 4.78 is 28.5. The molecule has 0 aromatic heterocycles. The lowest BCUT2D eigenvalue weighted by Gasteiger charge is -2.22. The molecule has 1 N–H and O–H groups in total. The number of sulfonamides is 1. The molecule has 1 amide bonds. The van der Waals surface area contributed by atoms with E-state index in [1.54, 1.807) is 36.4 Å². The Kier molecular flexibility index (Phi) is 7.78. The molecular formula is C22H19BrCl2N2O3S. The molecule has 3 aromatic carbocycles. The minimum absolute atomic E-state index is 0.0731. The van der Waals surface area contributed by atoms with Crippen LogP contribution < -0.4 is 5.32 Å². The van der Waals surface area contributed by atoms with Crippen LogP contribution in [0.1, 0.15) is 11.1 Å². The Balaban J connectivity index is 1.90. The van der Waals surface area contributed by atoms with Crippen LogP contribution in [0.25, 0.3) is 0 Å². The predicted molar refractivity (Wildman–Crippen MR) is 128 cm³/mol. The number of carbonyl (C=O) groups excluding carboxylic acids is 1. The minimum Gasteiger partial charge on any atom is -0.325 e. The average molecular weight is 542 g/mol. The summed E-state index contributed by atoms with van der Waals surface area (Å²) in [5.74, 6) is -0.463. The van der Waals surface area contributed by atoms with Gasteiger partial charge in [0.1, 0.15) is 0 Å². The van der Waals surface area contributed by atoms with E-state index in [1.165, 1.54) is 18.2 Å². The first-order chi connectivity index (χ1) is 14.6. The quantitative estimate of drug-likeness (QED) is 0.405. The fourth-order valence-corrected chi connectivity index (χ4v) is 4.93. The highest BCUT2D eigenvalue weighted by atomic mass is 79.9. The number of nitrogens with zero attached hydrogens (tertiary/aromatic N) is 1. The maximum atomic E-state index is 13.3. The first kappa shape index (κ1) is 23.8. The maximum Gasteiger partial charge on any atom is 0.243 e. The Bertz CT molecular complexity index is 1180. The van der Waals surface area contributed by atoms with Crippen molar-refractivity contribution in [1.82, 2.24) is 4.31 Å². The monoisotopic (exact) mass is 540 g/mol. The van der Waals surface area contributed by atoms with Crippen molar-refractivity contribution in [3.8, 4) is 0 Å². The smallest absolute Gasteiger partial charge is 0.243 e. The Morgan fingerprint density at radius 3 is 2.26 bits per heavy atom. The number of hydrogen-bond acceptors (Lipinski definition) is 3. The summed E-state index contributed by atoms with van der Waals surface area (Å²) in [5, 5.41) is 3.49. The molecule has 0 saturated carbocycles. The van der Waals surface area contributed by atoms with Crippen LogP contribution in [0.5, 0.6) is 0 Å². The molecule has 0 spiro atoms. The molecule has 0 saturated heterocycles. The molecule has 0 heterocycles. The number of aryl methyl sites for hydroxylation is 1. The zero-order valence-corrected chi connectivity index (χ0v) is 20.4. The zero-order chi connectivity index (χ0) is 22.6. The molecule has 0 aliphatic carbocycles. The first-order valence-corrected chi connectivity index (χ1v) is 12.2. The lowest BCUT2D eigenvalue weighted by Crippen LogP contribution is -2.37. The molecule has 0 atom stereocenters. The van der Waals surface area contributed by atoms with E-state index in [2.05, 4.69) is 21.2 Å².